The van der Waals surface area contributed by atoms with Crippen molar-refractivity contribution in [1.82, 2.24) is 9.88 Å². The zero-order valence-electron chi connectivity index (χ0n) is 16.4. The van der Waals surface area contributed by atoms with Crippen molar-refractivity contribution in [3.8, 4) is 5.75 Å². The van der Waals surface area contributed by atoms with Crippen molar-refractivity contribution in [3.63, 3.8) is 0 Å². The summed E-state index contributed by atoms with van der Waals surface area (Å²) >= 11 is 11.8. The van der Waals surface area contributed by atoms with E-state index < -0.39 is 32.7 Å². The van der Waals surface area contributed by atoms with Crippen molar-refractivity contribution in [2.24, 2.45) is 0 Å². The molecular formula is C18H24Cl2N2O6Si. The van der Waals surface area contributed by atoms with Gasteiger partial charge in [0.15, 0.2) is 15.6 Å². The van der Waals surface area contributed by atoms with Gasteiger partial charge >= 0.3 is 12.1 Å². The van der Waals surface area contributed by atoms with E-state index in [0.717, 1.165) is 0 Å². The van der Waals surface area contributed by atoms with Gasteiger partial charge in [-0.05, 0) is 45.4 Å². The Labute approximate surface area is 180 Å². The molecule has 0 unspecified atom stereocenters. The summed E-state index contributed by atoms with van der Waals surface area (Å²) in [6.07, 6.45) is -0.257. The molecule has 1 aliphatic heterocycles. The maximum absolute atomic E-state index is 12.4. The zero-order valence-corrected chi connectivity index (χ0v) is 19.1. The molecule has 1 aromatic carbocycles. The highest BCUT2D eigenvalue weighted by atomic mass is 35.5. The molecule has 160 valence electrons. The first-order valence-corrected chi connectivity index (χ1v) is 12.0. The molecule has 2 N–H and O–H groups in total. The van der Waals surface area contributed by atoms with Crippen LogP contribution in [0, 0.1) is 0 Å². The van der Waals surface area contributed by atoms with Gasteiger partial charge < -0.3 is 19.6 Å². The number of ether oxygens (including phenoxy) is 2. The van der Waals surface area contributed by atoms with Crippen LogP contribution in [-0.2, 0) is 14.3 Å². The summed E-state index contributed by atoms with van der Waals surface area (Å²) in [5, 5.41) is 10.1. The van der Waals surface area contributed by atoms with Crippen molar-refractivity contribution in [1.29, 1.82) is 0 Å². The Kier molecular flexibility index (Phi) is 7.78. The SMILES string of the molecule is CC(C)(C)OC(=O)N1C[Si@@H](NC(=O)COc2ccc(Cl)c(Cl)c2)CC[C@@H]1C(=O)O. The summed E-state index contributed by atoms with van der Waals surface area (Å²) < 4.78 is 10.7. The van der Waals surface area contributed by atoms with Crippen LogP contribution in [0.1, 0.15) is 27.2 Å². The number of benzene rings is 1. The molecule has 1 heterocycles. The lowest BCUT2D eigenvalue weighted by Gasteiger charge is -2.37. The fourth-order valence-corrected chi connectivity index (χ4v) is 5.69. The predicted octanol–water partition coefficient (Wildman–Crippen LogP) is 2.85. The Morgan fingerprint density at radius 2 is 1.97 bits per heavy atom. The maximum atomic E-state index is 12.4. The van der Waals surface area contributed by atoms with Gasteiger partial charge in [-0.1, -0.05) is 23.2 Å². The third kappa shape index (κ3) is 7.09. The molecule has 0 radical (unpaired) electrons. The molecular weight excluding hydrogens is 439 g/mol. The second kappa shape index (κ2) is 9.68. The average Bonchev–Trinajstić information content (AvgIpc) is 2.61. The Hall–Kier alpha value is -1.97. The number of hydrogen-bond donors (Lipinski definition) is 2. The van der Waals surface area contributed by atoms with Crippen molar-refractivity contribution in [3.05, 3.63) is 28.2 Å². The quantitative estimate of drug-likeness (QED) is 0.651. The van der Waals surface area contributed by atoms with E-state index in [1.807, 2.05) is 0 Å². The first-order valence-electron chi connectivity index (χ1n) is 9.06. The first kappa shape index (κ1) is 23.3. The van der Waals surface area contributed by atoms with Crippen LogP contribution < -0.4 is 9.72 Å². The predicted molar refractivity (Wildman–Crippen MR) is 111 cm³/mol. The third-order valence-corrected chi connectivity index (χ3v) is 7.45. The van der Waals surface area contributed by atoms with Crippen LogP contribution in [0.15, 0.2) is 18.2 Å². The Morgan fingerprint density at radius 3 is 2.55 bits per heavy atom. The van der Waals surface area contributed by atoms with Crippen molar-refractivity contribution in [2.45, 2.75) is 44.9 Å². The van der Waals surface area contributed by atoms with Gasteiger partial charge in [0.1, 0.15) is 17.4 Å². The molecule has 2 atom stereocenters. The van der Waals surface area contributed by atoms with Gasteiger partial charge in [0.25, 0.3) is 0 Å². The van der Waals surface area contributed by atoms with E-state index in [2.05, 4.69) is 4.98 Å². The normalized spacial score (nSPS) is 19.4. The van der Waals surface area contributed by atoms with Gasteiger partial charge in [-0.3, -0.25) is 9.69 Å². The second-order valence-corrected chi connectivity index (χ2v) is 11.1. The number of nitrogens with one attached hydrogen (secondary N) is 1. The molecule has 2 amide bonds. The van der Waals surface area contributed by atoms with Gasteiger partial charge in [-0.25, -0.2) is 9.59 Å². The third-order valence-electron chi connectivity index (χ3n) is 4.12. The summed E-state index contributed by atoms with van der Waals surface area (Å²) in [5.41, 5.74) is -0.744. The van der Waals surface area contributed by atoms with Gasteiger partial charge in [-0.15, -0.1) is 0 Å². The summed E-state index contributed by atoms with van der Waals surface area (Å²) in [4.78, 5) is 40.3. The number of halogens is 2. The number of carbonyl (C=O) groups excluding carboxylic acids is 2. The van der Waals surface area contributed by atoms with E-state index in [4.69, 9.17) is 32.7 Å². The molecule has 29 heavy (non-hydrogen) atoms. The number of carboxylic acids is 1. The molecule has 1 aliphatic rings. The molecule has 0 aliphatic carbocycles. The van der Waals surface area contributed by atoms with Crippen LogP contribution in [0.5, 0.6) is 5.75 Å². The molecule has 0 bridgehead atoms. The number of aliphatic carboxylic acids is 1. The number of amides is 2. The van der Waals surface area contributed by atoms with Crippen LogP contribution in [0.3, 0.4) is 0 Å². The zero-order chi connectivity index (χ0) is 21.8. The lowest BCUT2D eigenvalue weighted by Crippen LogP contribution is -2.59. The van der Waals surface area contributed by atoms with Crippen LogP contribution >= 0.6 is 23.2 Å². The molecule has 11 heteroatoms. The van der Waals surface area contributed by atoms with Crippen molar-refractivity contribution in [2.75, 3.05) is 12.8 Å². The minimum absolute atomic E-state index is 0.171. The lowest BCUT2D eigenvalue weighted by atomic mass is 10.2. The van der Waals surface area contributed by atoms with E-state index in [-0.39, 0.29) is 25.1 Å². The Balaban J connectivity index is 1.94. The molecule has 0 aromatic heterocycles. The van der Waals surface area contributed by atoms with Gasteiger partial charge in [-0.2, -0.15) is 0 Å². The molecule has 8 nitrogen and oxygen atoms in total. The number of carboxylic acid groups (broad SMARTS) is 1. The maximum Gasteiger partial charge on any atom is 0.410 e. The molecule has 2 rings (SSSR count). The molecule has 1 fully saturated rings. The van der Waals surface area contributed by atoms with Crippen LogP contribution in [-0.4, -0.2) is 61.4 Å². The van der Waals surface area contributed by atoms with Crippen molar-refractivity contribution >= 4 is 50.1 Å². The van der Waals surface area contributed by atoms with E-state index in [1.165, 1.54) is 11.0 Å². The monoisotopic (exact) mass is 462 g/mol. The van der Waals surface area contributed by atoms with Gasteiger partial charge in [0.05, 0.1) is 10.0 Å². The fraction of sp³-hybridized carbons (Fsp3) is 0.500. The fourth-order valence-electron chi connectivity index (χ4n) is 2.85. The Bertz CT molecular complexity index is 786. The Morgan fingerprint density at radius 1 is 1.28 bits per heavy atom. The van der Waals surface area contributed by atoms with E-state index in [1.54, 1.807) is 32.9 Å². The van der Waals surface area contributed by atoms with Crippen LogP contribution in [0.4, 0.5) is 4.79 Å². The number of carbonyl (C=O) groups is 3. The lowest BCUT2D eigenvalue weighted by molar-refractivity contribution is -0.143. The second-order valence-electron chi connectivity index (χ2n) is 7.69. The highest BCUT2D eigenvalue weighted by molar-refractivity contribution is 6.59. The van der Waals surface area contributed by atoms with Crippen molar-refractivity contribution < 1.29 is 29.0 Å². The minimum atomic E-state index is -1.95. The standard InChI is InChI=1S/C18H24Cl2N2O6Si/c1-18(2,3)28-17(26)22-10-29(7-6-14(22)16(24)25)21-15(23)9-27-11-4-5-12(19)13(20)8-11/h4-5,8,14,29H,6-7,9-10H2,1-3H3,(H,21,23)(H,24,25)/t14-,29+/m1/s1. The topological polar surface area (TPSA) is 105 Å². The summed E-state index contributed by atoms with van der Waals surface area (Å²) in [5.74, 6) is -1.02. The van der Waals surface area contributed by atoms with E-state index >= 15 is 0 Å². The summed E-state index contributed by atoms with van der Waals surface area (Å²) in [7, 11) is -1.95. The number of nitrogens with zero attached hydrogens (tertiary/aromatic N) is 1. The molecule has 1 aromatic rings. The highest BCUT2D eigenvalue weighted by Gasteiger charge is 2.39. The smallest absolute Gasteiger partial charge is 0.410 e. The van der Waals surface area contributed by atoms with E-state index in [0.29, 0.717) is 21.8 Å². The molecule has 0 spiro atoms. The largest absolute Gasteiger partial charge is 0.484 e. The van der Waals surface area contributed by atoms with Crippen LogP contribution in [0.25, 0.3) is 0 Å². The number of hydrogen-bond acceptors (Lipinski definition) is 5. The summed E-state index contributed by atoms with van der Waals surface area (Å²) in [6.45, 7) is 4.90. The average molecular weight is 463 g/mol. The summed E-state index contributed by atoms with van der Waals surface area (Å²) in [6, 6.07) is 4.27. The minimum Gasteiger partial charge on any atom is -0.484 e. The van der Waals surface area contributed by atoms with Crippen LogP contribution in [0.2, 0.25) is 16.1 Å². The van der Waals surface area contributed by atoms with E-state index in [9.17, 15) is 19.5 Å². The first-order chi connectivity index (χ1) is 13.5. The highest BCUT2D eigenvalue weighted by Crippen LogP contribution is 2.26. The molecule has 1 saturated heterocycles. The molecule has 0 saturated carbocycles. The number of rotatable bonds is 5. The van der Waals surface area contributed by atoms with Gasteiger partial charge in [0.2, 0.25) is 5.91 Å². The van der Waals surface area contributed by atoms with Gasteiger partial charge in [0, 0.05) is 12.2 Å².